The van der Waals surface area contributed by atoms with Crippen LogP contribution in [-0.4, -0.2) is 32.0 Å². The third-order valence-electron chi connectivity index (χ3n) is 3.02. The first-order chi connectivity index (χ1) is 9.54. The lowest BCUT2D eigenvalue weighted by Gasteiger charge is -2.25. The van der Waals surface area contributed by atoms with Crippen LogP contribution in [0.3, 0.4) is 0 Å². The van der Waals surface area contributed by atoms with Crippen LogP contribution in [0.25, 0.3) is 0 Å². The number of carbonyl (C=O) groups is 2. The van der Waals surface area contributed by atoms with Crippen molar-refractivity contribution in [1.82, 2.24) is 4.72 Å². The van der Waals surface area contributed by atoms with E-state index in [0.717, 1.165) is 6.42 Å². The average molecular weight is 321 g/mol. The Kier molecular flexibility index (Phi) is 5.75. The van der Waals surface area contributed by atoms with Gasteiger partial charge in [-0.3, -0.25) is 9.59 Å². The molecule has 1 saturated carbocycles. The lowest BCUT2D eigenvalue weighted by Crippen LogP contribution is -2.45. The van der Waals surface area contributed by atoms with Crippen molar-refractivity contribution in [2.24, 2.45) is 5.92 Å². The van der Waals surface area contributed by atoms with Gasteiger partial charge < -0.3 is 8.92 Å². The van der Waals surface area contributed by atoms with Gasteiger partial charge in [-0.05, 0) is 40.0 Å². The van der Waals surface area contributed by atoms with Crippen molar-refractivity contribution < 1.29 is 26.9 Å². The van der Waals surface area contributed by atoms with Gasteiger partial charge in [-0.15, -0.1) is 0 Å². The van der Waals surface area contributed by atoms with Crippen LogP contribution in [0.1, 0.15) is 53.4 Å². The lowest BCUT2D eigenvalue weighted by molar-refractivity contribution is -0.157. The summed E-state index contributed by atoms with van der Waals surface area (Å²) in [5.74, 6) is -1.83. The maximum atomic E-state index is 11.9. The van der Waals surface area contributed by atoms with Crippen LogP contribution in [0.4, 0.5) is 0 Å². The average Bonchev–Trinajstić information content (AvgIpc) is 2.19. The molecule has 1 unspecified atom stereocenters. The lowest BCUT2D eigenvalue weighted by atomic mass is 9.86. The quantitative estimate of drug-likeness (QED) is 0.740. The van der Waals surface area contributed by atoms with Gasteiger partial charge in [0.15, 0.2) is 0 Å². The second-order valence-corrected chi connectivity index (χ2v) is 7.41. The second-order valence-electron chi connectivity index (χ2n) is 6.10. The van der Waals surface area contributed by atoms with Crippen molar-refractivity contribution in [2.45, 2.75) is 65.0 Å². The zero-order chi connectivity index (χ0) is 16.3. The van der Waals surface area contributed by atoms with Crippen molar-refractivity contribution in [3.05, 3.63) is 0 Å². The molecular formula is C13H23NO6S. The minimum absolute atomic E-state index is 0.190. The van der Waals surface area contributed by atoms with Gasteiger partial charge in [-0.2, -0.15) is 13.1 Å². The van der Waals surface area contributed by atoms with Crippen LogP contribution in [0, 0.1) is 5.92 Å². The van der Waals surface area contributed by atoms with Gasteiger partial charge in [0.25, 0.3) is 0 Å². The minimum atomic E-state index is -4.31. The first kappa shape index (κ1) is 17.9. The largest absolute Gasteiger partial charge is 0.459 e. The predicted octanol–water partition coefficient (Wildman–Crippen LogP) is 1.28. The fourth-order valence-corrected chi connectivity index (χ4v) is 2.70. The molecule has 0 aromatic carbocycles. The Bertz CT molecular complexity index is 489. The summed E-state index contributed by atoms with van der Waals surface area (Å²) < 4.78 is 35.2. The maximum Gasteiger partial charge on any atom is 0.385 e. The number of hydrogen-bond acceptors (Lipinski definition) is 6. The van der Waals surface area contributed by atoms with Crippen LogP contribution in [0.2, 0.25) is 0 Å². The number of carbonyl (C=O) groups excluding carboxylic acids is 2. The summed E-state index contributed by atoms with van der Waals surface area (Å²) in [6.07, 6.45) is 2.35. The van der Waals surface area contributed by atoms with E-state index in [-0.39, 0.29) is 12.3 Å². The molecule has 0 heterocycles. The van der Waals surface area contributed by atoms with Crippen LogP contribution < -0.4 is 4.72 Å². The molecule has 8 heteroatoms. The Labute approximate surface area is 125 Å². The van der Waals surface area contributed by atoms with Gasteiger partial charge in [0.2, 0.25) is 0 Å². The van der Waals surface area contributed by atoms with Gasteiger partial charge in [-0.25, -0.2) is 0 Å². The molecule has 0 saturated heterocycles. The molecule has 1 rings (SSSR count). The van der Waals surface area contributed by atoms with Crippen molar-refractivity contribution in [1.29, 1.82) is 0 Å². The molecule has 0 aliphatic heterocycles. The Balaban J connectivity index is 2.61. The zero-order valence-corrected chi connectivity index (χ0v) is 13.7. The third kappa shape index (κ3) is 6.01. The molecule has 1 fully saturated rings. The molecule has 1 N–H and O–H groups in total. The molecule has 0 amide bonds. The summed E-state index contributed by atoms with van der Waals surface area (Å²) in [6, 6.07) is -1.08. The Hall–Kier alpha value is -1.15. The Morgan fingerprint density at radius 3 is 2.24 bits per heavy atom. The summed E-state index contributed by atoms with van der Waals surface area (Å²) in [5, 5.41) is 0. The maximum absolute atomic E-state index is 11.9. The summed E-state index contributed by atoms with van der Waals surface area (Å²) in [5.41, 5.74) is -0.724. The van der Waals surface area contributed by atoms with Gasteiger partial charge in [0.05, 0.1) is 5.92 Å². The van der Waals surface area contributed by atoms with E-state index in [4.69, 9.17) is 4.74 Å². The molecule has 7 nitrogen and oxygen atoms in total. The molecule has 0 bridgehead atoms. The highest BCUT2D eigenvalue weighted by Gasteiger charge is 2.33. The third-order valence-corrected chi connectivity index (χ3v) is 3.97. The summed E-state index contributed by atoms with van der Waals surface area (Å²) in [6.45, 7) is 6.68. The number of nitrogens with one attached hydrogen (secondary N) is 1. The first-order valence-electron chi connectivity index (χ1n) is 7.02. The van der Waals surface area contributed by atoms with Crippen molar-refractivity contribution >= 4 is 22.2 Å². The molecule has 0 spiro atoms. The molecule has 21 heavy (non-hydrogen) atoms. The number of rotatable bonds is 6. The molecule has 1 atom stereocenters. The Morgan fingerprint density at radius 1 is 1.29 bits per heavy atom. The number of hydrogen-bond donors (Lipinski definition) is 1. The molecule has 0 aromatic heterocycles. The van der Waals surface area contributed by atoms with Crippen LogP contribution in [-0.2, 0) is 28.8 Å². The van der Waals surface area contributed by atoms with E-state index in [0.29, 0.717) is 12.8 Å². The summed E-state index contributed by atoms with van der Waals surface area (Å²) in [7, 11) is -4.31. The van der Waals surface area contributed by atoms with Crippen LogP contribution in [0.15, 0.2) is 0 Å². The molecule has 1 aliphatic carbocycles. The summed E-state index contributed by atoms with van der Waals surface area (Å²) in [4.78, 5) is 23.4. The van der Waals surface area contributed by atoms with Gasteiger partial charge in [0.1, 0.15) is 11.6 Å². The van der Waals surface area contributed by atoms with E-state index in [1.54, 1.807) is 27.7 Å². The molecule has 122 valence electrons. The smallest absolute Gasteiger partial charge is 0.385 e. The number of esters is 1. The summed E-state index contributed by atoms with van der Waals surface area (Å²) >= 11 is 0. The highest BCUT2D eigenvalue weighted by molar-refractivity contribution is 7.85. The van der Waals surface area contributed by atoms with E-state index < -0.39 is 33.9 Å². The SMILES string of the molecule is CCC(NS(=O)(=O)OC(=O)C1CCC1)C(=O)OC(C)(C)C. The predicted molar refractivity (Wildman–Crippen MR) is 75.4 cm³/mol. The van der Waals surface area contributed by atoms with Gasteiger partial charge >= 0.3 is 22.2 Å². The van der Waals surface area contributed by atoms with Crippen molar-refractivity contribution in [3.8, 4) is 0 Å². The van der Waals surface area contributed by atoms with Crippen molar-refractivity contribution in [3.63, 3.8) is 0 Å². The molecule has 1 aliphatic rings. The molecular weight excluding hydrogens is 298 g/mol. The fraction of sp³-hybridized carbons (Fsp3) is 0.846. The van der Waals surface area contributed by atoms with E-state index in [9.17, 15) is 18.0 Å². The van der Waals surface area contributed by atoms with E-state index in [1.807, 2.05) is 0 Å². The molecule has 0 aromatic rings. The topological polar surface area (TPSA) is 98.8 Å². The van der Waals surface area contributed by atoms with Crippen LogP contribution >= 0.6 is 0 Å². The number of ether oxygens (including phenoxy) is 1. The van der Waals surface area contributed by atoms with Crippen LogP contribution in [0.5, 0.6) is 0 Å². The Morgan fingerprint density at radius 2 is 1.86 bits per heavy atom. The highest BCUT2D eigenvalue weighted by Crippen LogP contribution is 2.27. The normalized spacial score (nSPS) is 17.7. The standard InChI is InChI=1S/C13H23NO6S/c1-5-10(12(16)19-13(2,3)4)14-21(17,18)20-11(15)9-7-6-8-9/h9-10,14H,5-8H2,1-4H3. The second kappa shape index (κ2) is 6.74. The van der Waals surface area contributed by atoms with Crippen molar-refractivity contribution in [2.75, 3.05) is 0 Å². The van der Waals surface area contributed by atoms with E-state index >= 15 is 0 Å². The monoisotopic (exact) mass is 321 g/mol. The zero-order valence-electron chi connectivity index (χ0n) is 12.8. The van der Waals surface area contributed by atoms with E-state index in [1.165, 1.54) is 0 Å². The van der Waals surface area contributed by atoms with Gasteiger partial charge in [-0.1, -0.05) is 13.3 Å². The first-order valence-corrected chi connectivity index (χ1v) is 8.43. The molecule has 0 radical (unpaired) electrons. The van der Waals surface area contributed by atoms with Gasteiger partial charge in [0, 0.05) is 0 Å². The minimum Gasteiger partial charge on any atom is -0.459 e. The fourth-order valence-electron chi connectivity index (χ4n) is 1.69. The van der Waals surface area contributed by atoms with E-state index in [2.05, 4.69) is 8.91 Å². The highest BCUT2D eigenvalue weighted by atomic mass is 32.2.